The number of hydrogen-bond acceptors (Lipinski definition) is 6. The Morgan fingerprint density at radius 2 is 2.03 bits per heavy atom. The molecule has 1 aliphatic rings. The maximum Gasteiger partial charge on any atom is 0.352 e. The lowest BCUT2D eigenvalue weighted by atomic mass is 9.82. The highest BCUT2D eigenvalue weighted by Crippen LogP contribution is 2.43. The molecule has 2 N–H and O–H groups in total. The molecule has 0 amide bonds. The highest BCUT2D eigenvalue weighted by atomic mass is 16.5. The van der Waals surface area contributed by atoms with E-state index in [1.807, 2.05) is 30.5 Å². The highest BCUT2D eigenvalue weighted by Gasteiger charge is 2.33. The summed E-state index contributed by atoms with van der Waals surface area (Å²) in [6.07, 6.45) is 0.667. The van der Waals surface area contributed by atoms with Gasteiger partial charge in [0.05, 0.1) is 32.0 Å². The van der Waals surface area contributed by atoms with Gasteiger partial charge in [-0.2, -0.15) is 4.80 Å². The van der Waals surface area contributed by atoms with Crippen molar-refractivity contribution >= 4 is 5.97 Å². The van der Waals surface area contributed by atoms with Crippen molar-refractivity contribution in [3.05, 3.63) is 35.0 Å². The first kappa shape index (κ1) is 19.1. The molecular weight excluding hydrogens is 374 g/mol. The number of nitrogens with zero attached hydrogens (tertiary/aromatic N) is 5. The second-order valence-corrected chi connectivity index (χ2v) is 7.85. The maximum atomic E-state index is 11.9. The van der Waals surface area contributed by atoms with Gasteiger partial charge >= 0.3 is 5.97 Å². The molecule has 3 heterocycles. The van der Waals surface area contributed by atoms with Crippen LogP contribution in [0.1, 0.15) is 35.5 Å². The fraction of sp³-hybridized carbons (Fsp3) is 0.400. The predicted octanol–water partition coefficient (Wildman–Crippen LogP) is 1.88. The lowest BCUT2D eigenvalue weighted by Crippen LogP contribution is -2.24. The second kappa shape index (κ2) is 6.70. The van der Waals surface area contributed by atoms with Gasteiger partial charge in [-0.15, -0.1) is 10.2 Å². The molecule has 0 saturated carbocycles. The van der Waals surface area contributed by atoms with Gasteiger partial charge in [0.15, 0.2) is 0 Å². The number of methoxy groups -OCH3 is 1. The molecule has 9 heteroatoms. The van der Waals surface area contributed by atoms with E-state index >= 15 is 0 Å². The Bertz CT molecular complexity index is 1110. The average molecular weight is 397 g/mol. The minimum atomic E-state index is -0.987. The molecule has 0 atom stereocenters. The van der Waals surface area contributed by atoms with Crippen molar-refractivity contribution < 1.29 is 19.7 Å². The molecule has 0 fully saturated rings. The molecule has 0 radical (unpaired) electrons. The summed E-state index contributed by atoms with van der Waals surface area (Å²) in [6.45, 7) is 4.24. The first-order valence-corrected chi connectivity index (χ1v) is 9.30. The van der Waals surface area contributed by atoms with E-state index in [1.54, 1.807) is 20.2 Å². The van der Waals surface area contributed by atoms with Crippen LogP contribution in [0.15, 0.2) is 18.2 Å². The quantitative estimate of drug-likeness (QED) is 0.675. The molecule has 9 nitrogen and oxygen atoms in total. The standard InChI is InChI=1S/C20H23N5O4/c1-20(2,10-26)14-9-15(19(27)28)25-6-5-11-7-16(29-4)13(8-12(11)17(14)25)18-21-23-24(3)22-18/h7-9,26H,5-6,10H2,1-4H3,(H,27,28). The zero-order valence-electron chi connectivity index (χ0n) is 16.8. The topological polar surface area (TPSA) is 115 Å². The van der Waals surface area contributed by atoms with Gasteiger partial charge in [-0.1, -0.05) is 13.8 Å². The Balaban J connectivity index is 2.02. The molecule has 152 valence electrons. The van der Waals surface area contributed by atoms with Crippen LogP contribution in [0.2, 0.25) is 0 Å². The number of benzene rings is 1. The van der Waals surface area contributed by atoms with Crippen LogP contribution in [0, 0.1) is 0 Å². The normalized spacial score (nSPS) is 13.1. The smallest absolute Gasteiger partial charge is 0.352 e. The summed E-state index contributed by atoms with van der Waals surface area (Å²) in [5, 5.41) is 32.0. The van der Waals surface area contributed by atoms with Crippen molar-refractivity contribution in [3.63, 3.8) is 0 Å². The van der Waals surface area contributed by atoms with Crippen molar-refractivity contribution in [1.29, 1.82) is 0 Å². The molecule has 29 heavy (non-hydrogen) atoms. The summed E-state index contributed by atoms with van der Waals surface area (Å²) in [5.74, 6) is 0.0782. The Morgan fingerprint density at radius 3 is 2.62 bits per heavy atom. The van der Waals surface area contributed by atoms with Gasteiger partial charge in [-0.3, -0.25) is 0 Å². The van der Waals surface area contributed by atoms with E-state index < -0.39 is 11.4 Å². The summed E-state index contributed by atoms with van der Waals surface area (Å²) in [6, 6.07) is 5.56. The summed E-state index contributed by atoms with van der Waals surface area (Å²) in [4.78, 5) is 13.2. The summed E-state index contributed by atoms with van der Waals surface area (Å²) < 4.78 is 7.38. The van der Waals surface area contributed by atoms with Crippen LogP contribution in [0.3, 0.4) is 0 Å². The van der Waals surface area contributed by atoms with Crippen molar-refractivity contribution in [2.75, 3.05) is 13.7 Å². The van der Waals surface area contributed by atoms with E-state index in [9.17, 15) is 15.0 Å². The summed E-state index contributed by atoms with van der Waals surface area (Å²) >= 11 is 0. The molecule has 3 aromatic rings. The first-order valence-electron chi connectivity index (χ1n) is 9.30. The van der Waals surface area contributed by atoms with Gasteiger partial charge < -0.3 is 19.5 Å². The fourth-order valence-corrected chi connectivity index (χ4v) is 3.87. The number of aliphatic hydroxyl groups is 1. The molecule has 4 rings (SSSR count). The van der Waals surface area contributed by atoms with E-state index in [0.717, 1.165) is 22.4 Å². The Morgan fingerprint density at radius 1 is 1.28 bits per heavy atom. The van der Waals surface area contributed by atoms with Crippen molar-refractivity contribution in [1.82, 2.24) is 24.8 Å². The van der Waals surface area contributed by atoms with Gasteiger partial charge in [0.1, 0.15) is 11.4 Å². The lowest BCUT2D eigenvalue weighted by molar-refractivity contribution is 0.0685. The number of carboxylic acid groups (broad SMARTS) is 1. The number of carboxylic acids is 1. The highest BCUT2D eigenvalue weighted by molar-refractivity contribution is 5.90. The van der Waals surface area contributed by atoms with Crippen molar-refractivity contribution in [3.8, 4) is 28.4 Å². The molecule has 0 bridgehead atoms. The lowest BCUT2D eigenvalue weighted by Gasteiger charge is -2.28. The molecular formula is C20H23N5O4. The van der Waals surface area contributed by atoms with Crippen LogP contribution in [-0.4, -0.2) is 54.7 Å². The van der Waals surface area contributed by atoms with Gasteiger partial charge in [0.2, 0.25) is 5.82 Å². The van der Waals surface area contributed by atoms with E-state index in [4.69, 9.17) is 4.74 Å². The molecule has 1 aromatic carbocycles. The fourth-order valence-electron chi connectivity index (χ4n) is 3.87. The van der Waals surface area contributed by atoms with Crippen LogP contribution in [-0.2, 0) is 25.4 Å². The summed E-state index contributed by atoms with van der Waals surface area (Å²) in [7, 11) is 3.28. The van der Waals surface area contributed by atoms with Crippen LogP contribution in [0.4, 0.5) is 0 Å². The number of rotatable bonds is 5. The average Bonchev–Trinajstić information content (AvgIpc) is 3.31. The summed E-state index contributed by atoms with van der Waals surface area (Å²) in [5.41, 5.74) is 3.83. The maximum absolute atomic E-state index is 11.9. The van der Waals surface area contributed by atoms with Crippen LogP contribution >= 0.6 is 0 Å². The molecule has 1 aliphatic heterocycles. The largest absolute Gasteiger partial charge is 0.496 e. The number of fused-ring (bicyclic) bond motifs is 3. The second-order valence-electron chi connectivity index (χ2n) is 7.85. The van der Waals surface area contributed by atoms with Crippen LogP contribution in [0.5, 0.6) is 5.75 Å². The number of carbonyl (C=O) groups is 1. The minimum absolute atomic E-state index is 0.104. The minimum Gasteiger partial charge on any atom is -0.496 e. The van der Waals surface area contributed by atoms with E-state index in [2.05, 4.69) is 15.4 Å². The van der Waals surface area contributed by atoms with Gasteiger partial charge in [-0.05, 0) is 41.0 Å². The van der Waals surface area contributed by atoms with E-state index in [1.165, 1.54) is 4.80 Å². The number of tetrazole rings is 1. The Kier molecular flexibility index (Phi) is 4.42. The number of aromatic carboxylic acids is 1. The van der Waals surface area contributed by atoms with Crippen molar-refractivity contribution in [2.24, 2.45) is 7.05 Å². The third-order valence-corrected chi connectivity index (χ3v) is 5.47. The van der Waals surface area contributed by atoms with Gasteiger partial charge in [0.25, 0.3) is 0 Å². The number of ether oxygens (including phenoxy) is 1. The molecule has 2 aromatic heterocycles. The van der Waals surface area contributed by atoms with Crippen LogP contribution in [0.25, 0.3) is 22.6 Å². The van der Waals surface area contributed by atoms with E-state index in [-0.39, 0.29) is 12.3 Å². The first-order chi connectivity index (χ1) is 13.8. The molecule has 0 spiro atoms. The number of aliphatic hydroxyl groups excluding tert-OH is 1. The Labute approximate surface area is 167 Å². The zero-order valence-corrected chi connectivity index (χ0v) is 16.8. The monoisotopic (exact) mass is 397 g/mol. The SMILES string of the molecule is COc1cc2c(cc1-c1nnn(C)n1)-c1c(C(C)(C)CO)cc(C(=O)O)n1CC2. The van der Waals surface area contributed by atoms with Gasteiger partial charge in [0, 0.05) is 17.5 Å². The van der Waals surface area contributed by atoms with E-state index in [0.29, 0.717) is 30.1 Å². The zero-order chi connectivity index (χ0) is 20.9. The number of hydrogen-bond donors (Lipinski definition) is 2. The molecule has 0 unspecified atom stereocenters. The third kappa shape index (κ3) is 2.98. The Hall–Kier alpha value is -3.20. The molecule has 0 saturated heterocycles. The third-order valence-electron chi connectivity index (χ3n) is 5.47. The number of aromatic nitrogens is 5. The van der Waals surface area contributed by atoms with Crippen LogP contribution < -0.4 is 4.74 Å². The predicted molar refractivity (Wildman–Crippen MR) is 105 cm³/mol. The van der Waals surface area contributed by atoms with Gasteiger partial charge in [-0.25, -0.2) is 4.79 Å². The molecule has 0 aliphatic carbocycles. The number of aryl methyl sites for hydroxylation is 2. The van der Waals surface area contributed by atoms with Crippen molar-refractivity contribution in [2.45, 2.75) is 32.2 Å².